The molecule has 2 heterocycles. The molecule has 0 N–H and O–H groups in total. The number of rotatable bonds is 6. The summed E-state index contributed by atoms with van der Waals surface area (Å²) >= 11 is 0. The normalized spacial score (nSPS) is 11.6. The monoisotopic (exact) mass is 776 g/mol. The van der Waals surface area contributed by atoms with Crippen LogP contribution in [0.2, 0.25) is 0 Å². The van der Waals surface area contributed by atoms with Gasteiger partial charge in [0.15, 0.2) is 5.82 Å². The van der Waals surface area contributed by atoms with Crippen LogP contribution < -0.4 is 0 Å². The van der Waals surface area contributed by atoms with Crippen LogP contribution in [0.1, 0.15) is 0 Å². The van der Waals surface area contributed by atoms with Crippen LogP contribution in [0, 0.1) is 0 Å². The highest BCUT2D eigenvalue weighted by molar-refractivity contribution is 6.20. The Morgan fingerprint density at radius 2 is 0.902 bits per heavy atom. The predicted octanol–water partition coefficient (Wildman–Crippen LogP) is 15.8. The number of benzene rings is 10. The van der Waals surface area contributed by atoms with E-state index in [0.29, 0.717) is 5.82 Å². The van der Waals surface area contributed by atoms with Crippen LogP contribution in [0.25, 0.3) is 122 Å². The molecule has 12 rings (SSSR count). The molecule has 12 aromatic rings. The average Bonchev–Trinajstić information content (AvgIpc) is 3.78. The van der Waals surface area contributed by atoms with E-state index in [0.717, 1.165) is 55.9 Å². The van der Waals surface area contributed by atoms with E-state index in [1.807, 2.05) is 42.5 Å². The fourth-order valence-electron chi connectivity index (χ4n) is 9.03. The first-order valence-corrected chi connectivity index (χ1v) is 20.7. The third-order valence-electron chi connectivity index (χ3n) is 12.1. The van der Waals surface area contributed by atoms with Crippen LogP contribution in [0.3, 0.4) is 0 Å². The van der Waals surface area contributed by atoms with Crippen molar-refractivity contribution in [1.82, 2.24) is 9.97 Å². The topological polar surface area (TPSA) is 38.9 Å². The molecule has 3 nitrogen and oxygen atoms in total. The second kappa shape index (κ2) is 14.3. The molecule has 0 fully saturated rings. The maximum Gasteiger partial charge on any atom is 0.160 e. The van der Waals surface area contributed by atoms with Crippen LogP contribution in [-0.4, -0.2) is 9.97 Å². The van der Waals surface area contributed by atoms with Gasteiger partial charge in [0.1, 0.15) is 11.3 Å². The van der Waals surface area contributed by atoms with Crippen molar-refractivity contribution in [3.63, 3.8) is 0 Å². The fraction of sp³-hybridized carbons (Fsp3) is 0. The lowest BCUT2D eigenvalue weighted by Gasteiger charge is -2.15. The van der Waals surface area contributed by atoms with Crippen LogP contribution >= 0.6 is 0 Å². The Bertz CT molecular complexity index is 3610. The zero-order valence-electron chi connectivity index (χ0n) is 33.1. The Balaban J connectivity index is 0.912. The van der Waals surface area contributed by atoms with Crippen molar-refractivity contribution in [2.75, 3.05) is 0 Å². The van der Waals surface area contributed by atoms with Gasteiger partial charge < -0.3 is 4.42 Å². The fourth-order valence-corrected chi connectivity index (χ4v) is 9.03. The third-order valence-corrected chi connectivity index (χ3v) is 12.1. The summed E-state index contributed by atoms with van der Waals surface area (Å²) in [5.74, 6) is 1.49. The van der Waals surface area contributed by atoms with Gasteiger partial charge in [0, 0.05) is 27.6 Å². The van der Waals surface area contributed by atoms with E-state index in [2.05, 4.69) is 176 Å². The van der Waals surface area contributed by atoms with Crippen molar-refractivity contribution in [3.05, 3.63) is 218 Å². The maximum atomic E-state index is 6.35. The van der Waals surface area contributed by atoms with E-state index < -0.39 is 0 Å². The van der Waals surface area contributed by atoms with Gasteiger partial charge in [-0.25, -0.2) is 9.97 Å². The number of para-hydroxylation sites is 1. The second-order valence-electron chi connectivity index (χ2n) is 15.7. The molecule has 0 aliphatic heterocycles. The number of nitrogens with zero attached hydrogens (tertiary/aromatic N) is 2. The summed E-state index contributed by atoms with van der Waals surface area (Å²) in [6.45, 7) is 0. The molecule has 0 spiro atoms. The highest BCUT2D eigenvalue weighted by atomic mass is 16.3. The molecule has 0 saturated carbocycles. The molecule has 0 bridgehead atoms. The summed E-state index contributed by atoms with van der Waals surface area (Å²) in [4.78, 5) is 10.3. The van der Waals surface area contributed by atoms with E-state index in [4.69, 9.17) is 14.4 Å². The molecule has 3 heteroatoms. The maximum absolute atomic E-state index is 6.35. The van der Waals surface area contributed by atoms with Gasteiger partial charge in [0.05, 0.1) is 11.4 Å². The minimum absolute atomic E-state index is 0.676. The van der Waals surface area contributed by atoms with E-state index in [1.54, 1.807) is 0 Å². The zero-order valence-corrected chi connectivity index (χ0v) is 33.1. The van der Waals surface area contributed by atoms with Gasteiger partial charge in [-0.2, -0.15) is 0 Å². The van der Waals surface area contributed by atoms with Crippen molar-refractivity contribution >= 4 is 54.1 Å². The number of furan rings is 1. The largest absolute Gasteiger partial charge is 0.456 e. The molecule has 10 aromatic carbocycles. The van der Waals surface area contributed by atoms with Crippen molar-refractivity contribution in [2.24, 2.45) is 0 Å². The van der Waals surface area contributed by atoms with Crippen molar-refractivity contribution in [2.45, 2.75) is 0 Å². The number of fused-ring (bicyclic) bond motifs is 6. The van der Waals surface area contributed by atoms with Crippen molar-refractivity contribution < 1.29 is 4.42 Å². The average molecular weight is 777 g/mol. The van der Waals surface area contributed by atoms with Crippen LogP contribution in [-0.2, 0) is 0 Å². The first-order chi connectivity index (χ1) is 30.2. The summed E-state index contributed by atoms with van der Waals surface area (Å²) in [5.41, 5.74) is 11.3. The lowest BCUT2D eigenvalue weighted by Crippen LogP contribution is -1.97. The number of hydrogen-bond donors (Lipinski definition) is 0. The summed E-state index contributed by atoms with van der Waals surface area (Å²) in [6, 6.07) is 77.6. The third kappa shape index (κ3) is 6.14. The number of aromatic nitrogens is 2. The molecule has 2 aromatic heterocycles. The van der Waals surface area contributed by atoms with Gasteiger partial charge in [-0.05, 0) is 102 Å². The van der Waals surface area contributed by atoms with Gasteiger partial charge in [-0.15, -0.1) is 0 Å². The molecule has 0 aliphatic rings. The summed E-state index contributed by atoms with van der Waals surface area (Å²) in [5, 5.41) is 11.1. The lowest BCUT2D eigenvalue weighted by molar-refractivity contribution is 0.632. The highest BCUT2D eigenvalue weighted by Crippen LogP contribution is 2.41. The zero-order chi connectivity index (χ0) is 40.3. The molecular weight excluding hydrogens is 741 g/mol. The lowest BCUT2D eigenvalue weighted by atomic mass is 9.89. The molecule has 0 atom stereocenters. The molecule has 61 heavy (non-hydrogen) atoms. The molecule has 284 valence electrons. The second-order valence-corrected chi connectivity index (χ2v) is 15.7. The van der Waals surface area contributed by atoms with Gasteiger partial charge in [0.25, 0.3) is 0 Å². The molecule has 0 amide bonds. The minimum Gasteiger partial charge on any atom is -0.456 e. The highest BCUT2D eigenvalue weighted by Gasteiger charge is 2.17. The molecule has 0 saturated heterocycles. The molecular formula is C58H36N2O. The smallest absolute Gasteiger partial charge is 0.160 e. The van der Waals surface area contributed by atoms with E-state index >= 15 is 0 Å². The van der Waals surface area contributed by atoms with Gasteiger partial charge in [-0.1, -0.05) is 182 Å². The summed E-state index contributed by atoms with van der Waals surface area (Å²) in [6.07, 6.45) is 0. The quantitative estimate of drug-likeness (QED) is 0.125. The molecule has 0 unspecified atom stereocenters. The van der Waals surface area contributed by atoms with E-state index in [-0.39, 0.29) is 0 Å². The minimum atomic E-state index is 0.676. The summed E-state index contributed by atoms with van der Waals surface area (Å²) in [7, 11) is 0. The Hall–Kier alpha value is -8.14. The van der Waals surface area contributed by atoms with E-state index in [1.165, 1.54) is 59.8 Å². The standard InChI is InChI=1S/C58H36N2O/c1-2-13-40(14-3-1)58-59-53(36-54(60-58)49-19-9-10-20-50(49)56-35-45-16-6-11-21-55(45)61-56)39-24-22-37(23-25-39)41-26-27-43-33-46(29-28-42(43)32-41)57-48-18-8-5-15-44(48)34-52-47-17-7-4-12-38(47)30-31-51(52)57/h1-36H. The van der Waals surface area contributed by atoms with Crippen LogP contribution in [0.15, 0.2) is 223 Å². The Labute approximate surface area is 352 Å². The number of hydrogen-bond acceptors (Lipinski definition) is 3. The molecule has 0 radical (unpaired) electrons. The van der Waals surface area contributed by atoms with Gasteiger partial charge in [0.2, 0.25) is 0 Å². The van der Waals surface area contributed by atoms with E-state index in [9.17, 15) is 0 Å². The predicted molar refractivity (Wildman–Crippen MR) is 254 cm³/mol. The Kier molecular flexibility index (Phi) is 8.17. The summed E-state index contributed by atoms with van der Waals surface area (Å²) < 4.78 is 6.35. The first-order valence-electron chi connectivity index (χ1n) is 20.7. The SMILES string of the molecule is c1ccc(-c2nc(-c3ccc(-c4ccc5cc(-c6c7ccccc7cc7c6ccc6ccccc67)ccc5c4)cc3)cc(-c3ccccc3-c3cc4ccccc4o3)n2)cc1. The van der Waals surface area contributed by atoms with Gasteiger partial charge in [-0.3, -0.25) is 0 Å². The first kappa shape index (κ1) is 34.9. The van der Waals surface area contributed by atoms with Crippen molar-refractivity contribution in [1.29, 1.82) is 0 Å². The van der Waals surface area contributed by atoms with Gasteiger partial charge >= 0.3 is 0 Å². The Morgan fingerprint density at radius 3 is 1.72 bits per heavy atom. The Morgan fingerprint density at radius 1 is 0.295 bits per heavy atom. The molecule has 0 aliphatic carbocycles. The van der Waals surface area contributed by atoms with Crippen molar-refractivity contribution in [3.8, 4) is 67.5 Å². The van der Waals surface area contributed by atoms with Crippen LogP contribution in [0.4, 0.5) is 0 Å². The van der Waals surface area contributed by atoms with Crippen LogP contribution in [0.5, 0.6) is 0 Å².